The summed E-state index contributed by atoms with van der Waals surface area (Å²) in [5.74, 6) is 0.336. The summed E-state index contributed by atoms with van der Waals surface area (Å²) in [5, 5.41) is 2.82. The first-order chi connectivity index (χ1) is 13.2. The quantitative estimate of drug-likeness (QED) is 0.728. The molecule has 7 nitrogen and oxygen atoms in total. The van der Waals surface area contributed by atoms with Crippen LogP contribution in [0.1, 0.15) is 24.1 Å². The summed E-state index contributed by atoms with van der Waals surface area (Å²) >= 11 is 0. The molecule has 1 unspecified atom stereocenters. The van der Waals surface area contributed by atoms with Gasteiger partial charge in [-0.3, -0.25) is 4.79 Å². The number of hydrogen-bond donors (Lipinski definition) is 1. The van der Waals surface area contributed by atoms with Crippen molar-refractivity contribution in [1.82, 2.24) is 9.62 Å². The van der Waals surface area contributed by atoms with Gasteiger partial charge >= 0.3 is 0 Å². The van der Waals surface area contributed by atoms with Crippen molar-refractivity contribution >= 4 is 15.9 Å². The molecule has 0 saturated carbocycles. The van der Waals surface area contributed by atoms with Gasteiger partial charge in [-0.25, -0.2) is 8.42 Å². The molecule has 8 heteroatoms. The fourth-order valence-corrected chi connectivity index (χ4v) is 3.81. The Labute approximate surface area is 166 Å². The summed E-state index contributed by atoms with van der Waals surface area (Å²) in [6.07, 6.45) is 0. The highest BCUT2D eigenvalue weighted by atomic mass is 32.2. The van der Waals surface area contributed by atoms with Crippen LogP contribution in [0.5, 0.6) is 11.5 Å². The number of methoxy groups -OCH3 is 2. The third-order valence-electron chi connectivity index (χ3n) is 4.38. The van der Waals surface area contributed by atoms with Crippen molar-refractivity contribution in [2.24, 2.45) is 0 Å². The molecule has 28 heavy (non-hydrogen) atoms. The Morgan fingerprint density at radius 1 is 1.07 bits per heavy atom. The molecular formula is C20H26N2O5S. The van der Waals surface area contributed by atoms with Crippen LogP contribution in [-0.2, 0) is 14.8 Å². The van der Waals surface area contributed by atoms with Gasteiger partial charge in [-0.05, 0) is 31.5 Å². The maximum atomic E-state index is 12.8. The minimum absolute atomic E-state index is 0.0204. The fourth-order valence-electron chi connectivity index (χ4n) is 2.67. The van der Waals surface area contributed by atoms with Crippen molar-refractivity contribution in [2.75, 3.05) is 27.8 Å². The van der Waals surface area contributed by atoms with Crippen molar-refractivity contribution in [3.8, 4) is 11.5 Å². The highest BCUT2D eigenvalue weighted by Crippen LogP contribution is 2.30. The molecule has 0 spiro atoms. The molecular weight excluding hydrogens is 380 g/mol. The van der Waals surface area contributed by atoms with Crippen LogP contribution >= 0.6 is 0 Å². The number of nitrogens with zero attached hydrogens (tertiary/aromatic N) is 1. The molecule has 0 bridgehead atoms. The Morgan fingerprint density at radius 3 is 2.25 bits per heavy atom. The molecule has 0 heterocycles. The summed E-state index contributed by atoms with van der Waals surface area (Å²) < 4.78 is 36.8. The highest BCUT2D eigenvalue weighted by Gasteiger charge is 2.25. The zero-order valence-corrected chi connectivity index (χ0v) is 17.5. The molecule has 0 aliphatic rings. The van der Waals surface area contributed by atoms with Gasteiger partial charge in [0.15, 0.2) is 11.5 Å². The van der Waals surface area contributed by atoms with Crippen LogP contribution in [-0.4, -0.2) is 46.4 Å². The Hall–Kier alpha value is -2.58. The van der Waals surface area contributed by atoms with Gasteiger partial charge in [0.25, 0.3) is 0 Å². The number of carbonyl (C=O) groups excluding carboxylic acids is 1. The van der Waals surface area contributed by atoms with Crippen LogP contribution in [0.2, 0.25) is 0 Å². The predicted octanol–water partition coefficient (Wildman–Crippen LogP) is 2.51. The number of likely N-dealkylation sites (N-methyl/N-ethyl adjacent to an activating group) is 1. The summed E-state index contributed by atoms with van der Waals surface area (Å²) in [7, 11) is 0.401. The van der Waals surface area contributed by atoms with E-state index in [0.717, 1.165) is 15.4 Å². The molecule has 2 aromatic rings. The summed E-state index contributed by atoms with van der Waals surface area (Å²) in [4.78, 5) is 12.4. The Kier molecular flexibility index (Phi) is 7.04. The molecule has 0 aliphatic heterocycles. The van der Waals surface area contributed by atoms with Crippen molar-refractivity contribution in [1.29, 1.82) is 0 Å². The minimum Gasteiger partial charge on any atom is -0.493 e. The van der Waals surface area contributed by atoms with Crippen LogP contribution in [0.3, 0.4) is 0 Å². The second-order valence-electron chi connectivity index (χ2n) is 6.48. The van der Waals surface area contributed by atoms with E-state index in [4.69, 9.17) is 9.47 Å². The van der Waals surface area contributed by atoms with Gasteiger partial charge in [0, 0.05) is 13.1 Å². The largest absolute Gasteiger partial charge is 0.493 e. The van der Waals surface area contributed by atoms with E-state index in [1.807, 2.05) is 38.1 Å². The lowest BCUT2D eigenvalue weighted by atomic mass is 10.1. The van der Waals surface area contributed by atoms with Crippen molar-refractivity contribution in [3.05, 3.63) is 53.6 Å². The first-order valence-corrected chi connectivity index (χ1v) is 10.2. The molecule has 1 atom stereocenters. The smallest absolute Gasteiger partial charge is 0.243 e. The zero-order valence-electron chi connectivity index (χ0n) is 16.7. The predicted molar refractivity (Wildman–Crippen MR) is 107 cm³/mol. The number of hydrogen-bond acceptors (Lipinski definition) is 5. The molecule has 2 aromatic carbocycles. The number of carbonyl (C=O) groups is 1. The maximum Gasteiger partial charge on any atom is 0.243 e. The Morgan fingerprint density at radius 2 is 1.68 bits per heavy atom. The number of ether oxygens (including phenoxy) is 2. The fraction of sp³-hybridized carbons (Fsp3) is 0.350. The van der Waals surface area contributed by atoms with Crippen LogP contribution < -0.4 is 14.8 Å². The van der Waals surface area contributed by atoms with Crippen molar-refractivity contribution in [3.63, 3.8) is 0 Å². The second-order valence-corrected chi connectivity index (χ2v) is 8.52. The average molecular weight is 407 g/mol. The summed E-state index contributed by atoms with van der Waals surface area (Å²) in [5.41, 5.74) is 2.08. The van der Waals surface area contributed by atoms with Gasteiger partial charge in [0.1, 0.15) is 0 Å². The third kappa shape index (κ3) is 5.02. The van der Waals surface area contributed by atoms with E-state index in [0.29, 0.717) is 11.5 Å². The van der Waals surface area contributed by atoms with E-state index in [-0.39, 0.29) is 23.4 Å². The monoisotopic (exact) mass is 406 g/mol. The highest BCUT2D eigenvalue weighted by molar-refractivity contribution is 7.89. The lowest BCUT2D eigenvalue weighted by Gasteiger charge is -2.20. The van der Waals surface area contributed by atoms with E-state index < -0.39 is 10.0 Å². The second kappa shape index (κ2) is 9.07. The lowest BCUT2D eigenvalue weighted by molar-refractivity contribution is -0.121. The van der Waals surface area contributed by atoms with Crippen LogP contribution in [0.25, 0.3) is 0 Å². The number of sulfonamides is 1. The number of nitrogens with one attached hydrogen (secondary N) is 1. The average Bonchev–Trinajstić information content (AvgIpc) is 2.67. The lowest BCUT2D eigenvalue weighted by Crippen LogP contribution is -2.39. The van der Waals surface area contributed by atoms with Gasteiger partial charge in [-0.15, -0.1) is 0 Å². The van der Waals surface area contributed by atoms with Gasteiger partial charge in [0.05, 0.1) is 31.7 Å². The minimum atomic E-state index is -3.86. The molecule has 0 saturated heterocycles. The van der Waals surface area contributed by atoms with Crippen LogP contribution in [0.4, 0.5) is 0 Å². The van der Waals surface area contributed by atoms with Crippen LogP contribution in [0.15, 0.2) is 47.4 Å². The van der Waals surface area contributed by atoms with Gasteiger partial charge in [-0.1, -0.05) is 29.8 Å². The van der Waals surface area contributed by atoms with E-state index in [9.17, 15) is 13.2 Å². The standard InChI is InChI=1S/C20H26N2O5S/c1-14-6-8-16(9-7-14)15(2)21-20(23)13-22(3)28(24,25)17-10-11-18(26-4)19(12-17)27-5/h6-12,15H,13H2,1-5H3,(H,21,23). The normalized spacial score (nSPS) is 12.5. The topological polar surface area (TPSA) is 84.9 Å². The summed E-state index contributed by atoms with van der Waals surface area (Å²) in [6.45, 7) is 3.54. The SMILES string of the molecule is COc1ccc(S(=O)(=O)N(C)CC(=O)NC(C)c2ccc(C)cc2)cc1OC. The Balaban J connectivity index is 2.08. The van der Waals surface area contributed by atoms with E-state index in [1.165, 1.54) is 39.5 Å². The maximum absolute atomic E-state index is 12.8. The van der Waals surface area contributed by atoms with E-state index in [2.05, 4.69) is 5.32 Å². The number of rotatable bonds is 8. The van der Waals surface area contributed by atoms with Crippen LogP contribution in [0, 0.1) is 6.92 Å². The van der Waals surface area contributed by atoms with E-state index in [1.54, 1.807) is 0 Å². The number of benzene rings is 2. The third-order valence-corrected chi connectivity index (χ3v) is 6.18. The molecule has 0 fully saturated rings. The molecule has 1 N–H and O–H groups in total. The van der Waals surface area contributed by atoms with E-state index >= 15 is 0 Å². The van der Waals surface area contributed by atoms with Crippen molar-refractivity contribution in [2.45, 2.75) is 24.8 Å². The molecule has 2 rings (SSSR count). The van der Waals surface area contributed by atoms with Gasteiger partial charge < -0.3 is 14.8 Å². The zero-order chi connectivity index (χ0) is 20.9. The first kappa shape index (κ1) is 21.7. The van der Waals surface area contributed by atoms with Gasteiger partial charge in [0.2, 0.25) is 15.9 Å². The van der Waals surface area contributed by atoms with Gasteiger partial charge in [-0.2, -0.15) is 4.31 Å². The first-order valence-electron chi connectivity index (χ1n) is 8.73. The molecule has 0 aromatic heterocycles. The van der Waals surface area contributed by atoms with Crippen molar-refractivity contribution < 1.29 is 22.7 Å². The molecule has 0 aliphatic carbocycles. The Bertz CT molecular complexity index is 926. The summed E-state index contributed by atoms with van der Waals surface area (Å²) in [6, 6.07) is 11.9. The molecule has 152 valence electrons. The molecule has 1 amide bonds. The number of amides is 1. The molecule has 0 radical (unpaired) electrons. The number of aryl methyl sites for hydroxylation is 1.